The van der Waals surface area contributed by atoms with Crippen LogP contribution in [0.3, 0.4) is 0 Å². The van der Waals surface area contributed by atoms with E-state index in [9.17, 15) is 9.90 Å². The molecule has 1 aliphatic rings. The van der Waals surface area contributed by atoms with Gasteiger partial charge in [0, 0.05) is 19.2 Å². The Labute approximate surface area is 125 Å². The molecular formula is C15H24N4O2. The molecule has 0 spiro atoms. The van der Waals surface area contributed by atoms with Crippen LogP contribution in [0.25, 0.3) is 0 Å². The van der Waals surface area contributed by atoms with Crippen LogP contribution < -0.4 is 10.2 Å². The summed E-state index contributed by atoms with van der Waals surface area (Å²) in [7, 11) is 0. The quantitative estimate of drug-likeness (QED) is 0.866. The van der Waals surface area contributed by atoms with E-state index < -0.39 is 12.0 Å². The molecule has 0 radical (unpaired) electrons. The molecule has 6 nitrogen and oxygen atoms in total. The van der Waals surface area contributed by atoms with Crippen LogP contribution in [0.1, 0.15) is 33.6 Å². The lowest BCUT2D eigenvalue weighted by Crippen LogP contribution is -2.36. The van der Waals surface area contributed by atoms with Crippen molar-refractivity contribution in [3.05, 3.63) is 12.4 Å². The van der Waals surface area contributed by atoms with E-state index >= 15 is 0 Å². The molecule has 0 saturated carbocycles. The van der Waals surface area contributed by atoms with Gasteiger partial charge in [-0.15, -0.1) is 0 Å². The number of carboxylic acid groups (broad SMARTS) is 1. The summed E-state index contributed by atoms with van der Waals surface area (Å²) in [5.41, 5.74) is 0. The Morgan fingerprint density at radius 2 is 2.24 bits per heavy atom. The molecule has 1 aliphatic heterocycles. The van der Waals surface area contributed by atoms with Crippen LogP contribution in [-0.4, -0.2) is 40.2 Å². The van der Waals surface area contributed by atoms with Crippen molar-refractivity contribution in [2.45, 2.75) is 39.7 Å². The molecule has 1 saturated heterocycles. The Morgan fingerprint density at radius 1 is 1.48 bits per heavy atom. The first-order chi connectivity index (χ1) is 9.97. The molecule has 1 aromatic heterocycles. The number of hydrogen-bond donors (Lipinski definition) is 2. The minimum absolute atomic E-state index is 0.0177. The number of nitrogens with zero attached hydrogens (tertiary/aromatic N) is 3. The van der Waals surface area contributed by atoms with Crippen LogP contribution in [0.4, 0.5) is 11.6 Å². The van der Waals surface area contributed by atoms with Gasteiger partial charge in [-0.05, 0) is 24.7 Å². The molecule has 1 unspecified atom stereocenters. The second-order valence-electron chi connectivity index (χ2n) is 6.16. The lowest BCUT2D eigenvalue weighted by Gasteiger charge is -2.32. The van der Waals surface area contributed by atoms with Crippen molar-refractivity contribution in [1.82, 2.24) is 9.97 Å². The first-order valence-corrected chi connectivity index (χ1v) is 7.53. The van der Waals surface area contributed by atoms with Crippen molar-refractivity contribution in [3.8, 4) is 0 Å². The maximum absolute atomic E-state index is 11.3. The third kappa shape index (κ3) is 4.06. The highest BCUT2D eigenvalue weighted by Crippen LogP contribution is 2.22. The minimum atomic E-state index is -0.864. The summed E-state index contributed by atoms with van der Waals surface area (Å²) < 4.78 is 0. The van der Waals surface area contributed by atoms with Gasteiger partial charge in [0.1, 0.15) is 24.0 Å². The number of aliphatic carboxylic acids is 1. The van der Waals surface area contributed by atoms with Gasteiger partial charge in [0.25, 0.3) is 0 Å². The van der Waals surface area contributed by atoms with Crippen LogP contribution in [0.2, 0.25) is 0 Å². The van der Waals surface area contributed by atoms with E-state index in [0.29, 0.717) is 11.7 Å². The zero-order chi connectivity index (χ0) is 15.4. The fourth-order valence-corrected chi connectivity index (χ4v) is 2.67. The topological polar surface area (TPSA) is 78.4 Å². The lowest BCUT2D eigenvalue weighted by atomic mass is 10.0. The molecule has 1 fully saturated rings. The molecule has 0 amide bonds. The van der Waals surface area contributed by atoms with Crippen molar-refractivity contribution < 1.29 is 9.90 Å². The third-order valence-corrected chi connectivity index (χ3v) is 3.87. The van der Waals surface area contributed by atoms with Gasteiger partial charge in [-0.1, -0.05) is 20.8 Å². The largest absolute Gasteiger partial charge is 0.480 e. The van der Waals surface area contributed by atoms with Gasteiger partial charge in [0.15, 0.2) is 0 Å². The van der Waals surface area contributed by atoms with Crippen LogP contribution in [0.5, 0.6) is 0 Å². The van der Waals surface area contributed by atoms with Crippen molar-refractivity contribution in [3.63, 3.8) is 0 Å². The average Bonchev–Trinajstić information content (AvgIpc) is 2.44. The van der Waals surface area contributed by atoms with Gasteiger partial charge in [-0.25, -0.2) is 14.8 Å². The van der Waals surface area contributed by atoms with E-state index in [1.807, 2.05) is 19.9 Å². The highest BCUT2D eigenvalue weighted by Gasteiger charge is 2.22. The first kappa shape index (κ1) is 15.5. The molecule has 2 atom stereocenters. The summed E-state index contributed by atoms with van der Waals surface area (Å²) in [6.45, 7) is 7.97. The van der Waals surface area contributed by atoms with Gasteiger partial charge < -0.3 is 15.3 Å². The molecular weight excluding hydrogens is 268 g/mol. The Kier molecular flexibility index (Phi) is 4.98. The number of carboxylic acids is 1. The Hall–Kier alpha value is -1.85. The monoisotopic (exact) mass is 292 g/mol. The van der Waals surface area contributed by atoms with Crippen LogP contribution in [0, 0.1) is 11.8 Å². The molecule has 1 aromatic rings. The highest BCUT2D eigenvalue weighted by atomic mass is 16.4. The zero-order valence-electron chi connectivity index (χ0n) is 12.9. The fraction of sp³-hybridized carbons (Fsp3) is 0.667. The van der Waals surface area contributed by atoms with Crippen molar-refractivity contribution in [2.75, 3.05) is 23.3 Å². The predicted octanol–water partition coefficient (Wildman–Crippen LogP) is 2.23. The smallest absolute Gasteiger partial charge is 0.326 e. The summed E-state index contributed by atoms with van der Waals surface area (Å²) >= 11 is 0. The van der Waals surface area contributed by atoms with E-state index in [-0.39, 0.29) is 5.92 Å². The van der Waals surface area contributed by atoms with Crippen molar-refractivity contribution in [2.24, 2.45) is 11.8 Å². The number of anilines is 2. The Balaban J connectivity index is 2.11. The average molecular weight is 292 g/mol. The maximum Gasteiger partial charge on any atom is 0.326 e. The molecule has 0 bridgehead atoms. The molecule has 21 heavy (non-hydrogen) atoms. The summed E-state index contributed by atoms with van der Waals surface area (Å²) in [5.74, 6) is 1.21. The van der Waals surface area contributed by atoms with Gasteiger partial charge >= 0.3 is 5.97 Å². The SMILES string of the molecule is CC1CCCN(c2cc(N[C@@H](C(=O)O)C(C)C)ncn2)C1. The molecule has 6 heteroatoms. The molecule has 0 aliphatic carbocycles. The van der Waals surface area contributed by atoms with Crippen LogP contribution >= 0.6 is 0 Å². The number of carbonyl (C=O) groups is 1. The van der Waals surface area contributed by atoms with E-state index in [0.717, 1.165) is 25.3 Å². The summed E-state index contributed by atoms with van der Waals surface area (Å²) in [4.78, 5) is 22.0. The van der Waals surface area contributed by atoms with Crippen LogP contribution in [-0.2, 0) is 4.79 Å². The second-order valence-corrected chi connectivity index (χ2v) is 6.16. The lowest BCUT2D eigenvalue weighted by molar-refractivity contribution is -0.138. The molecule has 0 aromatic carbocycles. The summed E-state index contributed by atoms with van der Waals surface area (Å²) in [6, 6.07) is 1.20. The summed E-state index contributed by atoms with van der Waals surface area (Å²) in [6.07, 6.45) is 3.91. The van der Waals surface area contributed by atoms with Gasteiger partial charge in [0.05, 0.1) is 0 Å². The third-order valence-electron chi connectivity index (χ3n) is 3.87. The number of rotatable bonds is 5. The van der Waals surface area contributed by atoms with E-state index in [1.54, 1.807) is 0 Å². The maximum atomic E-state index is 11.3. The standard InChI is InChI=1S/C15H24N4O2/c1-10(2)14(15(20)21)18-12-7-13(17-9-16-12)19-6-4-5-11(3)8-19/h7,9-11,14H,4-6,8H2,1-3H3,(H,20,21)(H,16,17,18)/t11?,14-/m1/s1. The number of hydrogen-bond acceptors (Lipinski definition) is 5. The van der Waals surface area contributed by atoms with Gasteiger partial charge in [-0.3, -0.25) is 0 Å². The number of nitrogens with one attached hydrogen (secondary N) is 1. The number of aromatic nitrogens is 2. The first-order valence-electron chi connectivity index (χ1n) is 7.53. The highest BCUT2D eigenvalue weighted by molar-refractivity contribution is 5.77. The van der Waals surface area contributed by atoms with Crippen LogP contribution in [0.15, 0.2) is 12.4 Å². The van der Waals surface area contributed by atoms with Crippen molar-refractivity contribution >= 4 is 17.6 Å². The normalized spacial score (nSPS) is 20.4. The molecule has 2 N–H and O–H groups in total. The molecule has 2 rings (SSSR count). The minimum Gasteiger partial charge on any atom is -0.480 e. The Morgan fingerprint density at radius 3 is 2.86 bits per heavy atom. The van der Waals surface area contributed by atoms with Gasteiger partial charge in [0.2, 0.25) is 0 Å². The Bertz CT molecular complexity index is 492. The number of piperidine rings is 1. The van der Waals surface area contributed by atoms with Crippen molar-refractivity contribution in [1.29, 1.82) is 0 Å². The fourth-order valence-electron chi connectivity index (χ4n) is 2.67. The van der Waals surface area contributed by atoms with E-state index in [2.05, 4.69) is 27.1 Å². The van der Waals surface area contributed by atoms with E-state index in [4.69, 9.17) is 0 Å². The predicted molar refractivity (Wildman–Crippen MR) is 82.5 cm³/mol. The zero-order valence-corrected chi connectivity index (χ0v) is 12.9. The molecule has 2 heterocycles. The van der Waals surface area contributed by atoms with E-state index in [1.165, 1.54) is 12.7 Å². The summed E-state index contributed by atoms with van der Waals surface area (Å²) in [5, 5.41) is 12.2. The second kappa shape index (κ2) is 6.74. The molecule has 116 valence electrons. The van der Waals surface area contributed by atoms with Gasteiger partial charge in [-0.2, -0.15) is 0 Å².